The Kier molecular flexibility index (Phi) is 3.14. The number of benzene rings is 1. The van der Waals surface area contributed by atoms with E-state index in [-0.39, 0.29) is 11.8 Å². The standard InChI is InChI=1S/C10H8Cl2INO/c11-10(12)5-8(10)9(15)14-7-3-1-2-6(13)4-7/h1-4,8H,5H2,(H,14,15). The number of carbonyl (C=O) groups excluding carboxylic acids is 1. The van der Waals surface area contributed by atoms with E-state index in [2.05, 4.69) is 27.9 Å². The smallest absolute Gasteiger partial charge is 0.230 e. The number of hydrogen-bond donors (Lipinski definition) is 1. The van der Waals surface area contributed by atoms with E-state index in [0.29, 0.717) is 6.42 Å². The highest BCUT2D eigenvalue weighted by Gasteiger charge is 2.56. The highest BCUT2D eigenvalue weighted by molar-refractivity contribution is 14.1. The number of alkyl halides is 2. The number of rotatable bonds is 2. The van der Waals surface area contributed by atoms with Gasteiger partial charge in [-0.25, -0.2) is 0 Å². The van der Waals surface area contributed by atoms with E-state index in [1.54, 1.807) is 0 Å². The lowest BCUT2D eigenvalue weighted by atomic mass is 10.3. The van der Waals surface area contributed by atoms with Gasteiger partial charge in [0.1, 0.15) is 4.33 Å². The first-order valence-corrected chi connectivity index (χ1v) is 6.27. The van der Waals surface area contributed by atoms with Crippen LogP contribution in [0.25, 0.3) is 0 Å². The molecule has 1 saturated carbocycles. The van der Waals surface area contributed by atoms with Gasteiger partial charge in [-0.1, -0.05) is 6.07 Å². The largest absolute Gasteiger partial charge is 0.326 e. The Bertz CT molecular complexity index is 408. The minimum Gasteiger partial charge on any atom is -0.326 e. The van der Waals surface area contributed by atoms with E-state index >= 15 is 0 Å². The van der Waals surface area contributed by atoms with Gasteiger partial charge < -0.3 is 5.32 Å². The van der Waals surface area contributed by atoms with Gasteiger partial charge in [0, 0.05) is 9.26 Å². The van der Waals surface area contributed by atoms with Crippen LogP contribution < -0.4 is 5.32 Å². The highest BCUT2D eigenvalue weighted by atomic mass is 127. The van der Waals surface area contributed by atoms with Crippen molar-refractivity contribution in [3.8, 4) is 0 Å². The number of nitrogens with one attached hydrogen (secondary N) is 1. The quantitative estimate of drug-likeness (QED) is 0.639. The van der Waals surface area contributed by atoms with Gasteiger partial charge in [0.2, 0.25) is 5.91 Å². The lowest BCUT2D eigenvalue weighted by Crippen LogP contribution is -2.16. The molecule has 1 aliphatic carbocycles. The Morgan fingerprint density at radius 3 is 2.73 bits per heavy atom. The number of carbonyl (C=O) groups is 1. The maximum atomic E-state index is 11.6. The van der Waals surface area contributed by atoms with Crippen LogP contribution in [0, 0.1) is 9.49 Å². The second-order valence-corrected chi connectivity index (χ2v) is 6.31. The van der Waals surface area contributed by atoms with Crippen LogP contribution in [0.1, 0.15) is 6.42 Å². The van der Waals surface area contributed by atoms with Gasteiger partial charge in [-0.2, -0.15) is 0 Å². The fourth-order valence-corrected chi connectivity index (χ4v) is 2.34. The molecule has 0 aliphatic heterocycles. The topological polar surface area (TPSA) is 29.1 Å². The Morgan fingerprint density at radius 2 is 2.20 bits per heavy atom. The summed E-state index contributed by atoms with van der Waals surface area (Å²) in [6.07, 6.45) is 0.534. The van der Waals surface area contributed by atoms with Crippen molar-refractivity contribution in [3.05, 3.63) is 27.8 Å². The molecule has 0 aromatic heterocycles. The zero-order valence-electron chi connectivity index (χ0n) is 7.64. The van der Waals surface area contributed by atoms with Gasteiger partial charge in [0.05, 0.1) is 5.92 Å². The molecule has 5 heteroatoms. The maximum Gasteiger partial charge on any atom is 0.230 e. The van der Waals surface area contributed by atoms with Crippen LogP contribution in [-0.4, -0.2) is 10.2 Å². The third-order valence-electron chi connectivity index (χ3n) is 2.23. The summed E-state index contributed by atoms with van der Waals surface area (Å²) in [6.45, 7) is 0. The van der Waals surface area contributed by atoms with Crippen LogP contribution in [0.2, 0.25) is 0 Å². The summed E-state index contributed by atoms with van der Waals surface area (Å²) >= 11 is 13.8. The van der Waals surface area contributed by atoms with Gasteiger partial charge in [-0.15, -0.1) is 23.2 Å². The van der Waals surface area contributed by atoms with Gasteiger partial charge >= 0.3 is 0 Å². The molecule has 1 amide bonds. The molecule has 1 aliphatic rings. The first-order valence-electron chi connectivity index (χ1n) is 4.43. The summed E-state index contributed by atoms with van der Waals surface area (Å²) in [5.41, 5.74) is 0.780. The number of halogens is 3. The lowest BCUT2D eigenvalue weighted by Gasteiger charge is -2.05. The molecular weight excluding hydrogens is 348 g/mol. The first kappa shape index (κ1) is 11.5. The predicted octanol–water partition coefficient (Wildman–Crippen LogP) is 3.42. The molecule has 1 fully saturated rings. The third kappa shape index (κ3) is 2.77. The summed E-state index contributed by atoms with van der Waals surface area (Å²) in [4.78, 5) is 11.6. The summed E-state index contributed by atoms with van der Waals surface area (Å²) in [6, 6.07) is 7.58. The summed E-state index contributed by atoms with van der Waals surface area (Å²) < 4.78 is 0.218. The van der Waals surface area contributed by atoms with Crippen molar-refractivity contribution in [2.24, 2.45) is 5.92 Å². The van der Waals surface area contributed by atoms with Crippen LogP contribution in [0.4, 0.5) is 5.69 Å². The minimum absolute atomic E-state index is 0.109. The maximum absolute atomic E-state index is 11.6. The molecular formula is C10H8Cl2INO. The van der Waals surface area contributed by atoms with Crippen molar-refractivity contribution in [1.29, 1.82) is 0 Å². The summed E-state index contributed by atoms with van der Waals surface area (Å²) in [7, 11) is 0. The Labute approximate surface area is 111 Å². The van der Waals surface area contributed by atoms with E-state index in [4.69, 9.17) is 23.2 Å². The van der Waals surface area contributed by atoms with Gasteiger partial charge in [0.15, 0.2) is 0 Å². The molecule has 1 N–H and O–H groups in total. The molecule has 2 nitrogen and oxygen atoms in total. The van der Waals surface area contributed by atoms with Gasteiger partial charge in [-0.3, -0.25) is 4.79 Å². The average Bonchev–Trinajstić information content (AvgIpc) is 2.75. The number of hydrogen-bond acceptors (Lipinski definition) is 1. The van der Waals surface area contributed by atoms with Crippen LogP contribution in [0.3, 0.4) is 0 Å². The van der Waals surface area contributed by atoms with E-state index < -0.39 is 4.33 Å². The molecule has 0 spiro atoms. The molecule has 1 unspecified atom stereocenters. The molecule has 0 heterocycles. The molecule has 15 heavy (non-hydrogen) atoms. The molecule has 1 aromatic carbocycles. The SMILES string of the molecule is O=C(Nc1cccc(I)c1)C1CC1(Cl)Cl. The van der Waals surface area contributed by atoms with E-state index in [1.165, 1.54) is 0 Å². The molecule has 0 saturated heterocycles. The van der Waals surface area contributed by atoms with Crippen LogP contribution in [0.15, 0.2) is 24.3 Å². The van der Waals surface area contributed by atoms with Gasteiger partial charge in [-0.05, 0) is 47.2 Å². The monoisotopic (exact) mass is 355 g/mol. The van der Waals surface area contributed by atoms with Crippen molar-refractivity contribution >= 4 is 57.4 Å². The molecule has 2 rings (SSSR count). The average molecular weight is 356 g/mol. The van der Waals surface area contributed by atoms with Crippen molar-refractivity contribution in [3.63, 3.8) is 0 Å². The molecule has 0 radical (unpaired) electrons. The van der Waals surface area contributed by atoms with Gasteiger partial charge in [0.25, 0.3) is 0 Å². The second-order valence-electron chi connectivity index (χ2n) is 3.52. The van der Waals surface area contributed by atoms with E-state index in [1.807, 2.05) is 24.3 Å². The highest BCUT2D eigenvalue weighted by Crippen LogP contribution is 2.53. The zero-order chi connectivity index (χ0) is 11.1. The third-order valence-corrected chi connectivity index (χ3v) is 3.74. The van der Waals surface area contributed by atoms with Crippen molar-refractivity contribution in [2.75, 3.05) is 5.32 Å². The lowest BCUT2D eigenvalue weighted by molar-refractivity contribution is -0.117. The Morgan fingerprint density at radius 1 is 1.53 bits per heavy atom. The summed E-state index contributed by atoms with van der Waals surface area (Å²) in [5.74, 6) is -0.388. The number of anilines is 1. The second kappa shape index (κ2) is 4.11. The van der Waals surface area contributed by atoms with E-state index in [0.717, 1.165) is 9.26 Å². The van der Waals surface area contributed by atoms with Crippen LogP contribution >= 0.6 is 45.8 Å². The van der Waals surface area contributed by atoms with Crippen molar-refractivity contribution < 1.29 is 4.79 Å². The zero-order valence-corrected chi connectivity index (χ0v) is 11.3. The molecule has 1 aromatic rings. The number of amides is 1. The molecule has 80 valence electrons. The van der Waals surface area contributed by atoms with E-state index in [9.17, 15) is 4.79 Å². The first-order chi connectivity index (χ1) is 6.99. The van der Waals surface area contributed by atoms with Crippen molar-refractivity contribution in [2.45, 2.75) is 10.8 Å². The molecule has 0 bridgehead atoms. The summed E-state index contributed by atoms with van der Waals surface area (Å²) in [5, 5.41) is 2.79. The molecule has 1 atom stereocenters. The Balaban J connectivity index is 2.01. The predicted molar refractivity (Wildman–Crippen MR) is 70.3 cm³/mol. The Hall–Kier alpha value is -0.000000000000000222. The van der Waals surface area contributed by atoms with Crippen LogP contribution in [-0.2, 0) is 4.79 Å². The van der Waals surface area contributed by atoms with Crippen LogP contribution in [0.5, 0.6) is 0 Å². The van der Waals surface area contributed by atoms with Crippen molar-refractivity contribution in [1.82, 2.24) is 0 Å². The fourth-order valence-electron chi connectivity index (χ4n) is 1.29. The normalized spacial score (nSPS) is 22.2. The minimum atomic E-state index is -0.855. The fraction of sp³-hybridized carbons (Fsp3) is 0.300.